The van der Waals surface area contributed by atoms with Crippen molar-refractivity contribution < 1.29 is 9.47 Å². The summed E-state index contributed by atoms with van der Waals surface area (Å²) in [4.78, 5) is 9.04. The fourth-order valence-electron chi connectivity index (χ4n) is 2.20. The van der Waals surface area contributed by atoms with Crippen LogP contribution in [-0.4, -0.2) is 23.2 Å². The zero-order valence-electron chi connectivity index (χ0n) is 12.8. The van der Waals surface area contributed by atoms with Crippen LogP contribution < -0.4 is 9.47 Å². The van der Waals surface area contributed by atoms with Crippen molar-refractivity contribution in [1.82, 2.24) is 9.97 Å². The highest BCUT2D eigenvalue weighted by Crippen LogP contribution is 2.39. The van der Waals surface area contributed by atoms with Gasteiger partial charge in [0.2, 0.25) is 0 Å². The molecule has 3 rings (SSSR count). The molecule has 0 bridgehead atoms. The zero-order chi connectivity index (χ0) is 15.7. The summed E-state index contributed by atoms with van der Waals surface area (Å²) in [6.07, 6.45) is 0. The number of fused-ring (bicyclic) bond motifs is 1. The maximum absolute atomic E-state index is 6.25. The van der Waals surface area contributed by atoms with Crippen molar-refractivity contribution in [3.8, 4) is 11.5 Å². The van der Waals surface area contributed by atoms with E-state index in [1.807, 2.05) is 32.9 Å². The van der Waals surface area contributed by atoms with Gasteiger partial charge in [0, 0.05) is 17.1 Å². The second-order valence-electron chi connectivity index (χ2n) is 5.19. The normalized spacial score (nSPS) is 13.3. The van der Waals surface area contributed by atoms with Gasteiger partial charge in [0.05, 0.1) is 5.02 Å². The van der Waals surface area contributed by atoms with E-state index >= 15 is 0 Å². The minimum Gasteiger partial charge on any atom is -0.486 e. The SMILES string of the molecule is Cc1nc(SCc2cc(Cl)c3c(c2)OCCO3)nc(C)c1C. The van der Waals surface area contributed by atoms with Crippen LogP contribution in [0.3, 0.4) is 0 Å². The number of thioether (sulfide) groups is 1. The summed E-state index contributed by atoms with van der Waals surface area (Å²) < 4.78 is 11.1. The predicted octanol–water partition coefficient (Wildman–Crippen LogP) is 4.12. The molecular weight excluding hydrogens is 320 g/mol. The molecule has 0 fully saturated rings. The molecule has 0 spiro atoms. The molecule has 0 N–H and O–H groups in total. The number of nitrogens with zero attached hydrogens (tertiary/aromatic N) is 2. The van der Waals surface area contributed by atoms with E-state index in [2.05, 4.69) is 9.97 Å². The largest absolute Gasteiger partial charge is 0.486 e. The van der Waals surface area contributed by atoms with Crippen LogP contribution in [0.25, 0.3) is 0 Å². The maximum Gasteiger partial charge on any atom is 0.188 e. The average molecular weight is 337 g/mol. The van der Waals surface area contributed by atoms with Crippen molar-refractivity contribution in [2.24, 2.45) is 0 Å². The number of rotatable bonds is 3. The molecule has 2 heterocycles. The molecule has 2 aromatic rings. The van der Waals surface area contributed by atoms with Crippen LogP contribution in [0.2, 0.25) is 5.02 Å². The first-order chi connectivity index (χ1) is 10.5. The predicted molar refractivity (Wildman–Crippen MR) is 88.2 cm³/mol. The van der Waals surface area contributed by atoms with Crippen LogP contribution >= 0.6 is 23.4 Å². The molecule has 0 amide bonds. The molecule has 116 valence electrons. The second-order valence-corrected chi connectivity index (χ2v) is 6.54. The van der Waals surface area contributed by atoms with Crippen LogP contribution in [-0.2, 0) is 5.75 Å². The molecule has 0 aliphatic carbocycles. The van der Waals surface area contributed by atoms with Gasteiger partial charge in [-0.3, -0.25) is 0 Å². The van der Waals surface area contributed by atoms with E-state index in [4.69, 9.17) is 21.1 Å². The molecule has 4 nitrogen and oxygen atoms in total. The summed E-state index contributed by atoms with van der Waals surface area (Å²) in [5.41, 5.74) is 4.26. The highest BCUT2D eigenvalue weighted by molar-refractivity contribution is 7.98. The Morgan fingerprint density at radius 1 is 1.09 bits per heavy atom. The van der Waals surface area contributed by atoms with Crippen LogP contribution in [0.5, 0.6) is 11.5 Å². The molecule has 6 heteroatoms. The molecular formula is C16H17ClN2O2S. The van der Waals surface area contributed by atoms with Crippen molar-refractivity contribution in [1.29, 1.82) is 0 Å². The summed E-state index contributed by atoms with van der Waals surface area (Å²) >= 11 is 7.85. The Morgan fingerprint density at radius 3 is 2.50 bits per heavy atom. The van der Waals surface area contributed by atoms with E-state index in [1.54, 1.807) is 11.8 Å². The third kappa shape index (κ3) is 3.15. The van der Waals surface area contributed by atoms with E-state index in [9.17, 15) is 0 Å². The molecule has 1 aromatic carbocycles. The van der Waals surface area contributed by atoms with Gasteiger partial charge in [-0.1, -0.05) is 23.4 Å². The summed E-state index contributed by atoms with van der Waals surface area (Å²) in [5, 5.41) is 1.37. The third-order valence-electron chi connectivity index (χ3n) is 3.64. The standard InChI is InChI=1S/C16H17ClN2O2S/c1-9-10(2)18-16(19-11(9)3)22-8-12-6-13(17)15-14(7-12)20-4-5-21-15/h6-7H,4-5,8H2,1-3H3. The highest BCUT2D eigenvalue weighted by Gasteiger charge is 2.17. The van der Waals surface area contributed by atoms with E-state index in [0.29, 0.717) is 29.7 Å². The fraction of sp³-hybridized carbons (Fsp3) is 0.375. The molecule has 0 saturated carbocycles. The highest BCUT2D eigenvalue weighted by atomic mass is 35.5. The van der Waals surface area contributed by atoms with Crippen molar-refractivity contribution in [3.05, 3.63) is 39.7 Å². The Kier molecular flexibility index (Phi) is 4.45. The quantitative estimate of drug-likeness (QED) is 0.623. The first-order valence-corrected chi connectivity index (χ1v) is 8.43. The van der Waals surface area contributed by atoms with Gasteiger partial charge in [-0.05, 0) is 44.0 Å². The molecule has 1 aliphatic rings. The van der Waals surface area contributed by atoms with Crippen molar-refractivity contribution in [2.45, 2.75) is 31.7 Å². The number of hydrogen-bond donors (Lipinski definition) is 0. The topological polar surface area (TPSA) is 44.2 Å². The monoisotopic (exact) mass is 336 g/mol. The molecule has 0 atom stereocenters. The van der Waals surface area contributed by atoms with Gasteiger partial charge in [-0.15, -0.1) is 0 Å². The van der Waals surface area contributed by atoms with E-state index in [0.717, 1.165) is 33.4 Å². The maximum atomic E-state index is 6.25. The lowest BCUT2D eigenvalue weighted by Gasteiger charge is -2.20. The Balaban J connectivity index is 1.78. The summed E-state index contributed by atoms with van der Waals surface area (Å²) in [6, 6.07) is 3.89. The van der Waals surface area contributed by atoms with E-state index in [-0.39, 0.29) is 0 Å². The lowest BCUT2D eigenvalue weighted by Crippen LogP contribution is -2.15. The summed E-state index contributed by atoms with van der Waals surface area (Å²) in [5.74, 6) is 2.09. The van der Waals surface area contributed by atoms with Gasteiger partial charge in [0.15, 0.2) is 16.7 Å². The smallest absolute Gasteiger partial charge is 0.188 e. The van der Waals surface area contributed by atoms with Crippen molar-refractivity contribution in [2.75, 3.05) is 13.2 Å². The van der Waals surface area contributed by atoms with Crippen LogP contribution in [0.15, 0.2) is 17.3 Å². The molecule has 1 aliphatic heterocycles. The number of hydrogen-bond acceptors (Lipinski definition) is 5. The average Bonchev–Trinajstić information content (AvgIpc) is 2.50. The van der Waals surface area contributed by atoms with Gasteiger partial charge in [-0.2, -0.15) is 0 Å². The van der Waals surface area contributed by atoms with Gasteiger partial charge in [-0.25, -0.2) is 9.97 Å². The molecule has 0 saturated heterocycles. The zero-order valence-corrected chi connectivity index (χ0v) is 14.3. The fourth-order valence-corrected chi connectivity index (χ4v) is 3.35. The Hall–Kier alpha value is -1.46. The minimum absolute atomic E-state index is 0.538. The van der Waals surface area contributed by atoms with E-state index in [1.165, 1.54) is 0 Å². The van der Waals surface area contributed by atoms with E-state index < -0.39 is 0 Å². The molecule has 1 aromatic heterocycles. The Morgan fingerprint density at radius 2 is 1.77 bits per heavy atom. The Bertz CT molecular complexity index is 699. The molecule has 22 heavy (non-hydrogen) atoms. The van der Waals surface area contributed by atoms with Gasteiger partial charge in [0.25, 0.3) is 0 Å². The van der Waals surface area contributed by atoms with Crippen molar-refractivity contribution in [3.63, 3.8) is 0 Å². The first-order valence-electron chi connectivity index (χ1n) is 7.07. The summed E-state index contributed by atoms with van der Waals surface area (Å²) in [6.45, 7) is 7.15. The number of aromatic nitrogens is 2. The second kappa shape index (κ2) is 6.34. The first kappa shape index (κ1) is 15.4. The van der Waals surface area contributed by atoms with Crippen LogP contribution in [0, 0.1) is 20.8 Å². The summed E-state index contributed by atoms with van der Waals surface area (Å²) in [7, 11) is 0. The van der Waals surface area contributed by atoms with Crippen LogP contribution in [0.1, 0.15) is 22.5 Å². The minimum atomic E-state index is 0.538. The number of halogens is 1. The molecule has 0 radical (unpaired) electrons. The number of ether oxygens (including phenoxy) is 2. The van der Waals surface area contributed by atoms with Gasteiger partial charge in [0.1, 0.15) is 13.2 Å². The lowest BCUT2D eigenvalue weighted by molar-refractivity contribution is 0.171. The third-order valence-corrected chi connectivity index (χ3v) is 4.84. The number of aryl methyl sites for hydroxylation is 2. The molecule has 0 unspecified atom stereocenters. The lowest BCUT2D eigenvalue weighted by atomic mass is 10.2. The van der Waals surface area contributed by atoms with Crippen molar-refractivity contribution >= 4 is 23.4 Å². The van der Waals surface area contributed by atoms with Crippen LogP contribution in [0.4, 0.5) is 0 Å². The van der Waals surface area contributed by atoms with Gasteiger partial charge < -0.3 is 9.47 Å². The van der Waals surface area contributed by atoms with Gasteiger partial charge >= 0.3 is 0 Å². The number of benzene rings is 1. The Labute approximate surface area is 139 Å².